The predicted octanol–water partition coefficient (Wildman–Crippen LogP) is 12.9. The zero-order chi connectivity index (χ0) is 37.7. The van der Waals surface area contributed by atoms with Crippen LogP contribution in [0, 0.1) is 6.92 Å². The van der Waals surface area contributed by atoms with E-state index < -0.39 is 0 Å². The third-order valence-electron chi connectivity index (χ3n) is 10.6. The van der Waals surface area contributed by atoms with Gasteiger partial charge in [-0.05, 0) is 101 Å². The van der Waals surface area contributed by atoms with Gasteiger partial charge in [-0.2, -0.15) is 0 Å². The summed E-state index contributed by atoms with van der Waals surface area (Å²) in [6, 6.07) is 45.0. The highest BCUT2D eigenvalue weighted by molar-refractivity contribution is 5.99. The van der Waals surface area contributed by atoms with Gasteiger partial charge in [0.25, 0.3) is 0 Å². The zero-order valence-electron chi connectivity index (χ0n) is 31.7. The number of ether oxygens (including phenoxy) is 1. The molecular weight excluding hydrogens is 673 g/mol. The van der Waals surface area contributed by atoms with Crippen molar-refractivity contribution in [3.05, 3.63) is 161 Å². The lowest BCUT2D eigenvalue weighted by atomic mass is 9.86. The van der Waals surface area contributed by atoms with Gasteiger partial charge < -0.3 is 14.7 Å². The summed E-state index contributed by atoms with van der Waals surface area (Å²) in [5, 5.41) is 0. The van der Waals surface area contributed by atoms with Gasteiger partial charge in [-0.25, -0.2) is 9.97 Å². The lowest BCUT2D eigenvalue weighted by molar-refractivity contribution is 0.415. The summed E-state index contributed by atoms with van der Waals surface area (Å²) < 4.78 is 5.55. The molecule has 0 radical (unpaired) electrons. The molecule has 7 aromatic rings. The van der Waals surface area contributed by atoms with Crippen molar-refractivity contribution in [2.45, 2.75) is 33.1 Å². The second-order valence-corrected chi connectivity index (χ2v) is 15.3. The van der Waals surface area contributed by atoms with Gasteiger partial charge in [-0.3, -0.25) is 0 Å². The molecule has 268 valence electrons. The molecule has 55 heavy (non-hydrogen) atoms. The molecular formula is C50H42N4O. The fourth-order valence-electron chi connectivity index (χ4n) is 7.64. The topological polar surface area (TPSA) is 66.6 Å². The summed E-state index contributed by atoms with van der Waals surface area (Å²) in [4.78, 5) is 18.5. The van der Waals surface area contributed by atoms with Crippen LogP contribution < -0.4 is 4.74 Å². The quantitative estimate of drug-likeness (QED) is 0.186. The molecule has 0 unspecified atom stereocenters. The highest BCUT2D eigenvalue weighted by Crippen LogP contribution is 2.39. The van der Waals surface area contributed by atoms with Crippen LogP contribution in [0.2, 0.25) is 0 Å². The maximum absolute atomic E-state index is 5.55. The fourth-order valence-corrected chi connectivity index (χ4v) is 7.64. The number of hydrogen-bond acceptors (Lipinski definition) is 3. The monoisotopic (exact) mass is 714 g/mol. The Hall–Kier alpha value is -6.72. The van der Waals surface area contributed by atoms with Crippen molar-refractivity contribution in [2.24, 2.45) is 0 Å². The van der Waals surface area contributed by atoms with Gasteiger partial charge in [0.05, 0.1) is 29.9 Å². The number of fused-ring (bicyclic) bond motifs is 8. The maximum Gasteiger partial charge on any atom is 0.118 e. The first-order valence-corrected chi connectivity index (χ1v) is 18.8. The second kappa shape index (κ2) is 13.6. The first kappa shape index (κ1) is 34.1. The molecule has 0 aliphatic carbocycles. The number of nitrogens with one attached hydrogen (secondary N) is 2. The van der Waals surface area contributed by atoms with Crippen LogP contribution in [-0.2, 0) is 5.41 Å². The van der Waals surface area contributed by atoms with Crippen molar-refractivity contribution in [2.75, 3.05) is 7.11 Å². The summed E-state index contributed by atoms with van der Waals surface area (Å²) in [6.07, 6.45) is 8.56. The van der Waals surface area contributed by atoms with E-state index in [2.05, 4.69) is 171 Å². The van der Waals surface area contributed by atoms with Crippen LogP contribution in [0.25, 0.3) is 90.9 Å². The van der Waals surface area contributed by atoms with Crippen LogP contribution in [0.3, 0.4) is 0 Å². The zero-order valence-corrected chi connectivity index (χ0v) is 31.7. The minimum Gasteiger partial charge on any atom is -0.497 e. The summed E-state index contributed by atoms with van der Waals surface area (Å²) in [6.45, 7) is 8.87. The molecule has 0 saturated carbocycles. The molecule has 5 heterocycles. The van der Waals surface area contributed by atoms with Gasteiger partial charge in [0.1, 0.15) is 5.75 Å². The summed E-state index contributed by atoms with van der Waals surface area (Å²) in [7, 11) is 1.69. The number of H-pyrrole nitrogens is 2. The number of benzene rings is 4. The Kier molecular flexibility index (Phi) is 8.43. The normalized spacial score (nSPS) is 12.3. The van der Waals surface area contributed by atoms with Crippen molar-refractivity contribution in [1.29, 1.82) is 0 Å². The van der Waals surface area contributed by atoms with E-state index in [1.807, 2.05) is 18.2 Å². The molecule has 2 aliphatic rings. The number of aryl methyl sites for hydroxylation is 1. The Morgan fingerprint density at radius 1 is 0.436 bits per heavy atom. The number of aromatic amines is 2. The van der Waals surface area contributed by atoms with Crippen LogP contribution >= 0.6 is 0 Å². The van der Waals surface area contributed by atoms with Crippen molar-refractivity contribution < 1.29 is 4.74 Å². The van der Waals surface area contributed by atoms with E-state index in [-0.39, 0.29) is 5.41 Å². The number of rotatable bonds is 5. The first-order chi connectivity index (χ1) is 26.7. The Morgan fingerprint density at radius 3 is 1.18 bits per heavy atom. The van der Waals surface area contributed by atoms with E-state index >= 15 is 0 Å². The molecule has 5 heteroatoms. The Balaban J connectivity index is 1.44. The number of methoxy groups -OCH3 is 1. The lowest BCUT2D eigenvalue weighted by Crippen LogP contribution is -2.10. The fraction of sp³-hybridized carbons (Fsp3) is 0.120. The van der Waals surface area contributed by atoms with Gasteiger partial charge in [0.15, 0.2) is 0 Å². The standard InChI is InChI=1S/C50H42N4O/c1-31-11-13-33(14-12-31)47-40-25-23-38(51-40)46(32-9-7-6-8-10-32)39-24-26-44(52-39)49(35-17-21-37(55-5)22-18-35)45-30-29-43(54-45)48(42-28-27-41(47)53-42)34-15-19-36(20-16-34)50(2,3)4/h6-30,51,54H,1-5H3. The number of hydrogen-bond donors (Lipinski definition) is 2. The van der Waals surface area contributed by atoms with Crippen LogP contribution in [0.5, 0.6) is 5.75 Å². The molecule has 0 atom stereocenters. The molecule has 5 nitrogen and oxygen atoms in total. The van der Waals surface area contributed by atoms with Crippen LogP contribution in [-0.4, -0.2) is 27.0 Å². The molecule has 9 rings (SSSR count). The molecule has 3 aromatic heterocycles. The molecule has 0 fully saturated rings. The van der Waals surface area contributed by atoms with Crippen molar-refractivity contribution in [1.82, 2.24) is 19.9 Å². The average molecular weight is 715 g/mol. The number of nitrogens with zero attached hydrogens (tertiary/aromatic N) is 2. The van der Waals surface area contributed by atoms with Crippen LogP contribution in [0.1, 0.15) is 54.7 Å². The van der Waals surface area contributed by atoms with Crippen LogP contribution in [0.4, 0.5) is 0 Å². The van der Waals surface area contributed by atoms with E-state index in [0.29, 0.717) is 0 Å². The van der Waals surface area contributed by atoms with E-state index in [1.54, 1.807) is 7.11 Å². The smallest absolute Gasteiger partial charge is 0.118 e. The van der Waals surface area contributed by atoms with E-state index in [9.17, 15) is 0 Å². The third kappa shape index (κ3) is 6.38. The van der Waals surface area contributed by atoms with Crippen molar-refractivity contribution in [3.63, 3.8) is 0 Å². The Labute approximate surface area is 321 Å². The SMILES string of the molecule is COc1ccc(-c2c3nc(c(-c4ccccc4)c4ccc([nH]4)c(-c4ccc(C)cc4)c4nc(c(-c5ccc(C(C)(C)C)cc5)c5ccc2[nH]5)C=C4)C=C3)cc1. The highest BCUT2D eigenvalue weighted by Gasteiger charge is 2.20. The van der Waals surface area contributed by atoms with Gasteiger partial charge in [-0.15, -0.1) is 0 Å². The minimum atomic E-state index is 0.0349. The minimum absolute atomic E-state index is 0.0349. The molecule has 0 amide bonds. The van der Waals surface area contributed by atoms with Gasteiger partial charge >= 0.3 is 0 Å². The highest BCUT2D eigenvalue weighted by atomic mass is 16.5. The van der Waals surface area contributed by atoms with Crippen molar-refractivity contribution in [3.8, 4) is 50.3 Å². The van der Waals surface area contributed by atoms with E-state index in [1.165, 1.54) is 11.1 Å². The largest absolute Gasteiger partial charge is 0.497 e. The molecule has 4 aromatic carbocycles. The summed E-state index contributed by atoms with van der Waals surface area (Å²) in [5.41, 5.74) is 18.4. The Bertz CT molecular complexity index is 2790. The van der Waals surface area contributed by atoms with Gasteiger partial charge in [0.2, 0.25) is 0 Å². The van der Waals surface area contributed by atoms with E-state index in [0.717, 1.165) is 95.1 Å². The molecule has 8 bridgehead atoms. The molecule has 2 aliphatic heterocycles. The van der Waals surface area contributed by atoms with Gasteiger partial charge in [0, 0.05) is 44.3 Å². The van der Waals surface area contributed by atoms with E-state index in [4.69, 9.17) is 14.7 Å². The predicted molar refractivity (Wildman–Crippen MR) is 231 cm³/mol. The van der Waals surface area contributed by atoms with Gasteiger partial charge in [-0.1, -0.05) is 117 Å². The Morgan fingerprint density at radius 2 is 0.800 bits per heavy atom. The number of aromatic nitrogens is 4. The molecule has 2 N–H and O–H groups in total. The summed E-state index contributed by atoms with van der Waals surface area (Å²) >= 11 is 0. The molecule has 0 saturated heterocycles. The van der Waals surface area contributed by atoms with Crippen LogP contribution in [0.15, 0.2) is 127 Å². The summed E-state index contributed by atoms with van der Waals surface area (Å²) in [5.74, 6) is 0.803. The first-order valence-electron chi connectivity index (χ1n) is 18.8. The maximum atomic E-state index is 5.55. The lowest BCUT2D eigenvalue weighted by Gasteiger charge is -2.19. The average Bonchev–Trinajstić information content (AvgIpc) is 4.04. The molecule has 0 spiro atoms. The second-order valence-electron chi connectivity index (χ2n) is 15.3. The third-order valence-corrected chi connectivity index (χ3v) is 10.6. The van der Waals surface area contributed by atoms with Crippen molar-refractivity contribution >= 4 is 46.4 Å².